The Bertz CT molecular complexity index is 1060. The zero-order valence-electron chi connectivity index (χ0n) is 22.0. The molecule has 0 aliphatic carbocycles. The predicted molar refractivity (Wildman–Crippen MR) is 140 cm³/mol. The molecule has 8 heteroatoms. The summed E-state index contributed by atoms with van der Waals surface area (Å²) in [6.07, 6.45) is 3.94. The lowest BCUT2D eigenvalue weighted by Crippen LogP contribution is -2.42. The van der Waals surface area contributed by atoms with Crippen molar-refractivity contribution >= 4 is 11.9 Å². The highest BCUT2D eigenvalue weighted by molar-refractivity contribution is 5.79. The molecule has 3 atom stereocenters. The molecule has 2 aromatic rings. The van der Waals surface area contributed by atoms with Crippen molar-refractivity contribution < 1.29 is 28.9 Å². The number of carboxylic acid groups (broad SMARTS) is 1. The second-order valence-corrected chi connectivity index (χ2v) is 9.82. The Morgan fingerprint density at radius 1 is 1.00 bits per heavy atom. The molecule has 8 nitrogen and oxygen atoms in total. The number of fused-ring (bicyclic) bond motifs is 1. The van der Waals surface area contributed by atoms with Crippen LogP contribution in [-0.2, 0) is 9.59 Å². The van der Waals surface area contributed by atoms with Crippen LogP contribution in [0.4, 0.5) is 0 Å². The number of amides is 1. The quantitative estimate of drug-likeness (QED) is 0.443. The van der Waals surface area contributed by atoms with Crippen molar-refractivity contribution in [1.82, 2.24) is 9.80 Å². The van der Waals surface area contributed by atoms with E-state index >= 15 is 0 Å². The number of likely N-dealkylation sites (tertiary alicyclic amines) is 1. The molecule has 4 rings (SSSR count). The molecule has 2 aromatic carbocycles. The maximum atomic E-state index is 13.5. The topological polar surface area (TPSA) is 88.5 Å². The third kappa shape index (κ3) is 6.01. The number of rotatable bonds is 12. The Balaban J connectivity index is 1.67. The molecule has 37 heavy (non-hydrogen) atoms. The van der Waals surface area contributed by atoms with Crippen LogP contribution < -0.4 is 14.2 Å². The first-order valence-electron chi connectivity index (χ1n) is 13.2. The van der Waals surface area contributed by atoms with Crippen molar-refractivity contribution in [1.29, 1.82) is 0 Å². The van der Waals surface area contributed by atoms with Crippen molar-refractivity contribution in [3.63, 3.8) is 0 Å². The van der Waals surface area contributed by atoms with Crippen LogP contribution in [0.25, 0.3) is 0 Å². The van der Waals surface area contributed by atoms with Crippen molar-refractivity contribution in [2.45, 2.75) is 51.5 Å². The van der Waals surface area contributed by atoms with E-state index in [2.05, 4.69) is 13.8 Å². The number of aliphatic carboxylic acids is 1. The minimum Gasteiger partial charge on any atom is -0.497 e. The van der Waals surface area contributed by atoms with Gasteiger partial charge in [0.2, 0.25) is 12.7 Å². The minimum atomic E-state index is -0.882. The average molecular weight is 511 g/mol. The van der Waals surface area contributed by atoms with E-state index in [0.29, 0.717) is 23.8 Å². The fourth-order valence-corrected chi connectivity index (χ4v) is 5.41. The van der Waals surface area contributed by atoms with Gasteiger partial charge in [-0.1, -0.05) is 44.9 Å². The summed E-state index contributed by atoms with van der Waals surface area (Å²) in [6, 6.07) is 12.7. The van der Waals surface area contributed by atoms with E-state index in [4.69, 9.17) is 14.2 Å². The molecule has 0 bridgehead atoms. The molecule has 0 saturated carbocycles. The molecular formula is C29H38N2O6. The van der Waals surface area contributed by atoms with Gasteiger partial charge in [-0.15, -0.1) is 0 Å². The van der Waals surface area contributed by atoms with Crippen LogP contribution >= 0.6 is 0 Å². The Morgan fingerprint density at radius 3 is 2.27 bits per heavy atom. The maximum absolute atomic E-state index is 13.5. The van der Waals surface area contributed by atoms with Gasteiger partial charge in [-0.05, 0) is 48.2 Å². The average Bonchev–Trinajstić information content (AvgIpc) is 3.53. The van der Waals surface area contributed by atoms with E-state index in [1.54, 1.807) is 7.11 Å². The van der Waals surface area contributed by atoms with Crippen molar-refractivity contribution in [2.24, 2.45) is 5.92 Å². The standard InChI is InChI=1S/C29H38N2O6/c1-4-6-14-30(15-7-5-2)26(32)18-31-17-23(21-10-13-24-25(16-21)37-19-36-24)27(29(33)34)28(31)20-8-11-22(35-3)12-9-20/h8-13,16,23,27-28H,4-7,14-15,17-19H2,1-3H3,(H,33,34)/t23-,27+,28-/m0/s1. The smallest absolute Gasteiger partial charge is 0.309 e. The van der Waals surface area contributed by atoms with Crippen LogP contribution in [0, 0.1) is 5.92 Å². The molecule has 0 spiro atoms. The number of carboxylic acids is 1. The molecule has 200 valence electrons. The summed E-state index contributed by atoms with van der Waals surface area (Å²) in [5.74, 6) is 0.113. The van der Waals surface area contributed by atoms with Gasteiger partial charge in [-0.2, -0.15) is 0 Å². The molecule has 2 aliphatic heterocycles. The Labute approximate surface area is 219 Å². The fraction of sp³-hybridized carbons (Fsp3) is 0.517. The molecule has 2 aliphatic rings. The van der Waals surface area contributed by atoms with Crippen LogP contribution in [0.15, 0.2) is 42.5 Å². The van der Waals surface area contributed by atoms with E-state index in [0.717, 1.165) is 49.9 Å². The number of methoxy groups -OCH3 is 1. The van der Waals surface area contributed by atoms with Crippen LogP contribution in [0.1, 0.15) is 62.6 Å². The molecule has 0 aromatic heterocycles. The van der Waals surface area contributed by atoms with Gasteiger partial charge in [0.05, 0.1) is 19.6 Å². The lowest BCUT2D eigenvalue weighted by Gasteiger charge is -2.30. The first-order chi connectivity index (χ1) is 18.0. The van der Waals surface area contributed by atoms with Crippen LogP contribution in [0.5, 0.6) is 17.2 Å². The van der Waals surface area contributed by atoms with Crippen LogP contribution in [0.3, 0.4) is 0 Å². The Kier molecular flexibility index (Phi) is 8.92. The van der Waals surface area contributed by atoms with E-state index in [-0.39, 0.29) is 25.2 Å². The molecule has 1 fully saturated rings. The summed E-state index contributed by atoms with van der Waals surface area (Å²) in [4.78, 5) is 30.3. The fourth-order valence-electron chi connectivity index (χ4n) is 5.41. The molecule has 1 amide bonds. The summed E-state index contributed by atoms with van der Waals surface area (Å²) < 4.78 is 16.3. The number of nitrogens with zero attached hydrogens (tertiary/aromatic N) is 2. The number of carbonyl (C=O) groups is 2. The molecule has 0 unspecified atom stereocenters. The lowest BCUT2D eigenvalue weighted by molar-refractivity contribution is -0.144. The normalized spacial score (nSPS) is 20.7. The van der Waals surface area contributed by atoms with E-state index in [1.807, 2.05) is 52.3 Å². The molecule has 1 saturated heterocycles. The van der Waals surface area contributed by atoms with Crippen molar-refractivity contribution in [3.05, 3.63) is 53.6 Å². The summed E-state index contributed by atoms with van der Waals surface area (Å²) >= 11 is 0. The second kappa shape index (κ2) is 12.3. The van der Waals surface area contributed by atoms with Gasteiger partial charge in [0.15, 0.2) is 11.5 Å². The van der Waals surface area contributed by atoms with Gasteiger partial charge >= 0.3 is 5.97 Å². The number of hydrogen-bond acceptors (Lipinski definition) is 6. The van der Waals surface area contributed by atoms with Gasteiger partial charge < -0.3 is 24.2 Å². The third-order valence-electron chi connectivity index (χ3n) is 7.42. The first-order valence-corrected chi connectivity index (χ1v) is 13.2. The number of carbonyl (C=O) groups excluding carboxylic acids is 1. The summed E-state index contributed by atoms with van der Waals surface area (Å²) in [6.45, 7) is 6.48. The largest absolute Gasteiger partial charge is 0.497 e. The van der Waals surface area contributed by atoms with Crippen molar-refractivity contribution in [3.8, 4) is 17.2 Å². The Morgan fingerprint density at radius 2 is 1.65 bits per heavy atom. The predicted octanol–water partition coefficient (Wildman–Crippen LogP) is 4.69. The summed E-state index contributed by atoms with van der Waals surface area (Å²) in [5, 5.41) is 10.5. The molecule has 1 N–H and O–H groups in total. The van der Waals surface area contributed by atoms with Crippen LogP contribution in [-0.4, -0.2) is 66.9 Å². The van der Waals surface area contributed by atoms with E-state index in [1.165, 1.54) is 0 Å². The van der Waals surface area contributed by atoms with E-state index in [9.17, 15) is 14.7 Å². The molecule has 0 radical (unpaired) electrons. The number of benzene rings is 2. The third-order valence-corrected chi connectivity index (χ3v) is 7.42. The monoisotopic (exact) mass is 510 g/mol. The number of unbranched alkanes of at least 4 members (excludes halogenated alkanes) is 2. The number of hydrogen-bond donors (Lipinski definition) is 1. The van der Waals surface area contributed by atoms with E-state index < -0.39 is 17.9 Å². The zero-order valence-corrected chi connectivity index (χ0v) is 22.0. The molecule has 2 heterocycles. The SMILES string of the molecule is CCCCN(CCCC)C(=O)CN1C[C@@H](c2ccc3c(c2)OCO3)[C@@H](C(=O)O)[C@@H]1c1ccc(OC)cc1. The van der Waals surface area contributed by atoms with Gasteiger partial charge in [0.1, 0.15) is 5.75 Å². The van der Waals surface area contributed by atoms with Gasteiger partial charge in [0.25, 0.3) is 0 Å². The zero-order chi connectivity index (χ0) is 26.4. The van der Waals surface area contributed by atoms with Crippen LogP contribution in [0.2, 0.25) is 0 Å². The lowest BCUT2D eigenvalue weighted by atomic mass is 9.82. The van der Waals surface area contributed by atoms with Crippen molar-refractivity contribution in [2.75, 3.05) is 40.1 Å². The second-order valence-electron chi connectivity index (χ2n) is 9.82. The first kappa shape index (κ1) is 26.8. The summed E-state index contributed by atoms with van der Waals surface area (Å²) in [5.41, 5.74) is 1.73. The summed E-state index contributed by atoms with van der Waals surface area (Å²) in [7, 11) is 1.60. The minimum absolute atomic E-state index is 0.0517. The van der Waals surface area contributed by atoms with Gasteiger partial charge in [0, 0.05) is 31.6 Å². The van der Waals surface area contributed by atoms with Gasteiger partial charge in [-0.3, -0.25) is 14.5 Å². The highest BCUT2D eigenvalue weighted by Crippen LogP contribution is 2.47. The van der Waals surface area contributed by atoms with Gasteiger partial charge in [-0.25, -0.2) is 0 Å². The highest BCUT2D eigenvalue weighted by Gasteiger charge is 2.48. The maximum Gasteiger partial charge on any atom is 0.309 e. The highest BCUT2D eigenvalue weighted by atomic mass is 16.7. The Hall–Kier alpha value is -3.26. The molecular weight excluding hydrogens is 472 g/mol. The number of ether oxygens (including phenoxy) is 3.